The highest BCUT2D eigenvalue weighted by atomic mass is 35.5. The van der Waals surface area contributed by atoms with Crippen LogP contribution < -0.4 is 5.32 Å². The molecule has 0 radical (unpaired) electrons. The number of thiophene rings is 1. The predicted molar refractivity (Wildman–Crippen MR) is 86.7 cm³/mol. The van der Waals surface area contributed by atoms with Gasteiger partial charge in [-0.3, -0.25) is 4.68 Å². The van der Waals surface area contributed by atoms with Gasteiger partial charge >= 0.3 is 0 Å². The Kier molecular flexibility index (Phi) is 5.24. The van der Waals surface area contributed by atoms with Gasteiger partial charge in [0.15, 0.2) is 0 Å². The molecule has 0 aliphatic rings. The first-order valence-corrected chi connectivity index (χ1v) is 8.21. The third-order valence-electron chi connectivity index (χ3n) is 3.37. The first-order valence-electron chi connectivity index (χ1n) is 7.01. The van der Waals surface area contributed by atoms with E-state index in [1.54, 1.807) is 0 Å². The van der Waals surface area contributed by atoms with E-state index < -0.39 is 0 Å². The van der Waals surface area contributed by atoms with Crippen molar-refractivity contribution >= 4 is 22.9 Å². The summed E-state index contributed by atoms with van der Waals surface area (Å²) in [6.45, 7) is 10.0. The fraction of sp³-hybridized carbons (Fsp3) is 0.533. The molecule has 0 aliphatic carbocycles. The maximum absolute atomic E-state index is 6.32. The molecule has 0 spiro atoms. The second-order valence-electron chi connectivity index (χ2n) is 5.16. The first-order chi connectivity index (χ1) is 9.51. The van der Waals surface area contributed by atoms with E-state index in [9.17, 15) is 0 Å². The minimum absolute atomic E-state index is 0.421. The molecule has 0 bridgehead atoms. The van der Waals surface area contributed by atoms with Gasteiger partial charge in [-0.05, 0) is 46.2 Å². The average molecular weight is 312 g/mol. The van der Waals surface area contributed by atoms with Crippen molar-refractivity contribution in [2.45, 2.75) is 53.2 Å². The molecule has 5 heteroatoms. The van der Waals surface area contributed by atoms with Crippen LogP contribution in [0.5, 0.6) is 0 Å². The van der Waals surface area contributed by atoms with Gasteiger partial charge in [0.05, 0.1) is 16.4 Å². The maximum atomic E-state index is 6.32. The van der Waals surface area contributed by atoms with Gasteiger partial charge in [0, 0.05) is 28.9 Å². The van der Waals surface area contributed by atoms with Crippen LogP contribution in [0.2, 0.25) is 5.02 Å². The Morgan fingerprint density at radius 1 is 1.40 bits per heavy atom. The van der Waals surface area contributed by atoms with Gasteiger partial charge in [0.25, 0.3) is 0 Å². The minimum atomic E-state index is 0.421. The van der Waals surface area contributed by atoms with Crippen LogP contribution in [0.4, 0.5) is 0 Å². The van der Waals surface area contributed by atoms with Crippen molar-refractivity contribution in [1.29, 1.82) is 0 Å². The molecule has 2 aromatic rings. The lowest BCUT2D eigenvalue weighted by Gasteiger charge is -2.14. The predicted octanol–water partition coefficient (Wildman–Crippen LogP) is 3.96. The molecule has 3 nitrogen and oxygen atoms in total. The zero-order valence-corrected chi connectivity index (χ0v) is 14.1. The molecule has 1 unspecified atom stereocenters. The van der Waals surface area contributed by atoms with Crippen LogP contribution >= 0.6 is 22.9 Å². The van der Waals surface area contributed by atoms with Crippen molar-refractivity contribution in [1.82, 2.24) is 15.1 Å². The monoisotopic (exact) mass is 311 g/mol. The van der Waals surface area contributed by atoms with Gasteiger partial charge < -0.3 is 5.32 Å². The molecule has 0 saturated heterocycles. The molecule has 2 rings (SSSR count). The number of nitrogens with zero attached hydrogens (tertiary/aromatic N) is 2. The van der Waals surface area contributed by atoms with Crippen LogP contribution in [0, 0.1) is 13.8 Å². The second kappa shape index (κ2) is 6.74. The first kappa shape index (κ1) is 15.5. The summed E-state index contributed by atoms with van der Waals surface area (Å²) in [6, 6.07) is 4.81. The smallest absolute Gasteiger partial charge is 0.0860 e. The summed E-state index contributed by atoms with van der Waals surface area (Å²) in [5.74, 6) is 0. The molecule has 2 heterocycles. The molecule has 0 saturated carbocycles. The third kappa shape index (κ3) is 3.62. The summed E-state index contributed by atoms with van der Waals surface area (Å²) in [6.07, 6.45) is 1.05. The Morgan fingerprint density at radius 2 is 2.15 bits per heavy atom. The van der Waals surface area contributed by atoms with E-state index in [0.717, 1.165) is 35.9 Å². The quantitative estimate of drug-likeness (QED) is 0.875. The van der Waals surface area contributed by atoms with Crippen molar-refractivity contribution in [3.05, 3.63) is 38.3 Å². The highest BCUT2D eigenvalue weighted by Gasteiger charge is 2.13. The van der Waals surface area contributed by atoms with Crippen LogP contribution in [-0.4, -0.2) is 15.8 Å². The van der Waals surface area contributed by atoms with Gasteiger partial charge in [-0.1, -0.05) is 11.6 Å². The number of hydrogen-bond acceptors (Lipinski definition) is 3. The van der Waals surface area contributed by atoms with Crippen LogP contribution in [0.1, 0.15) is 35.0 Å². The highest BCUT2D eigenvalue weighted by Crippen LogP contribution is 2.21. The lowest BCUT2D eigenvalue weighted by Crippen LogP contribution is -2.28. The lowest BCUT2D eigenvalue weighted by molar-refractivity contribution is 0.516. The Labute approximate surface area is 130 Å². The van der Waals surface area contributed by atoms with Crippen molar-refractivity contribution < 1.29 is 0 Å². The minimum Gasteiger partial charge on any atom is -0.308 e. The topological polar surface area (TPSA) is 29.9 Å². The summed E-state index contributed by atoms with van der Waals surface area (Å²) in [5, 5.41) is 8.78. The number of hydrogen-bond donors (Lipinski definition) is 1. The summed E-state index contributed by atoms with van der Waals surface area (Å²) < 4.78 is 1.98. The van der Waals surface area contributed by atoms with E-state index in [4.69, 9.17) is 11.6 Å². The van der Waals surface area contributed by atoms with Crippen molar-refractivity contribution in [3.63, 3.8) is 0 Å². The van der Waals surface area contributed by atoms with E-state index in [-0.39, 0.29) is 0 Å². The SMILES string of the molecule is CCn1nc(C)c(Cl)c1CNC(C)Cc1ccc(C)s1. The molecule has 110 valence electrons. The molecule has 20 heavy (non-hydrogen) atoms. The van der Waals surface area contributed by atoms with Crippen LogP contribution in [0.15, 0.2) is 12.1 Å². The standard InChI is InChI=1S/C15H22ClN3S/c1-5-19-14(15(16)12(4)18-19)9-17-10(2)8-13-7-6-11(3)20-13/h6-7,10,17H,5,8-9H2,1-4H3. The van der Waals surface area contributed by atoms with Gasteiger partial charge in [-0.15, -0.1) is 11.3 Å². The third-order valence-corrected chi connectivity index (χ3v) is 4.89. The molecule has 0 amide bonds. The van der Waals surface area contributed by atoms with Gasteiger partial charge in [0.1, 0.15) is 0 Å². The lowest BCUT2D eigenvalue weighted by atomic mass is 10.2. The van der Waals surface area contributed by atoms with Crippen LogP contribution in [0.25, 0.3) is 0 Å². The number of rotatable bonds is 6. The van der Waals surface area contributed by atoms with E-state index >= 15 is 0 Å². The zero-order chi connectivity index (χ0) is 14.7. The molecule has 0 aromatic carbocycles. The van der Waals surface area contributed by atoms with Crippen molar-refractivity contribution in [2.24, 2.45) is 0 Å². The largest absolute Gasteiger partial charge is 0.308 e. The average Bonchev–Trinajstić information content (AvgIpc) is 2.92. The molecular weight excluding hydrogens is 290 g/mol. The molecule has 2 aromatic heterocycles. The van der Waals surface area contributed by atoms with Gasteiger partial charge in [0.2, 0.25) is 0 Å². The van der Waals surface area contributed by atoms with Crippen molar-refractivity contribution in [2.75, 3.05) is 0 Å². The number of halogens is 1. The number of aromatic nitrogens is 2. The second-order valence-corrected chi connectivity index (χ2v) is 6.91. The van der Waals surface area contributed by atoms with E-state index in [1.807, 2.05) is 22.9 Å². The summed E-state index contributed by atoms with van der Waals surface area (Å²) in [4.78, 5) is 2.80. The van der Waals surface area contributed by atoms with E-state index in [1.165, 1.54) is 9.75 Å². The van der Waals surface area contributed by atoms with E-state index in [0.29, 0.717) is 6.04 Å². The molecule has 0 aliphatic heterocycles. The summed E-state index contributed by atoms with van der Waals surface area (Å²) in [7, 11) is 0. The van der Waals surface area contributed by atoms with Gasteiger partial charge in [-0.25, -0.2) is 0 Å². The molecular formula is C15H22ClN3S. The van der Waals surface area contributed by atoms with Crippen LogP contribution in [-0.2, 0) is 19.5 Å². The Bertz CT molecular complexity index is 574. The molecule has 0 fully saturated rings. The van der Waals surface area contributed by atoms with E-state index in [2.05, 4.69) is 43.3 Å². The fourth-order valence-electron chi connectivity index (χ4n) is 2.28. The fourth-order valence-corrected chi connectivity index (χ4v) is 3.50. The van der Waals surface area contributed by atoms with Crippen LogP contribution in [0.3, 0.4) is 0 Å². The molecule has 1 N–H and O–H groups in total. The van der Waals surface area contributed by atoms with Gasteiger partial charge in [-0.2, -0.15) is 5.10 Å². The summed E-state index contributed by atoms with van der Waals surface area (Å²) >= 11 is 8.19. The zero-order valence-electron chi connectivity index (χ0n) is 12.5. The molecule has 1 atom stereocenters. The highest BCUT2D eigenvalue weighted by molar-refractivity contribution is 7.11. The summed E-state index contributed by atoms with van der Waals surface area (Å²) in [5.41, 5.74) is 1.99. The Hall–Kier alpha value is -0.840. The van der Waals surface area contributed by atoms with Crippen molar-refractivity contribution in [3.8, 4) is 0 Å². The maximum Gasteiger partial charge on any atom is 0.0860 e. The number of aryl methyl sites for hydroxylation is 3. The normalized spacial score (nSPS) is 12.8. The Balaban J connectivity index is 1.94. The number of nitrogens with one attached hydrogen (secondary N) is 1. The Morgan fingerprint density at radius 3 is 2.75 bits per heavy atom.